The van der Waals surface area contributed by atoms with E-state index in [9.17, 15) is 4.79 Å². The second-order valence-electron chi connectivity index (χ2n) is 5.51. The van der Waals surface area contributed by atoms with Gasteiger partial charge in [0.15, 0.2) is 5.78 Å². The molecule has 21 heavy (non-hydrogen) atoms. The quantitative estimate of drug-likeness (QED) is 0.516. The summed E-state index contributed by atoms with van der Waals surface area (Å²) < 4.78 is 5.79. The molecule has 0 N–H and O–H groups in total. The molecular weight excluding hydrogens is 260 g/mol. The summed E-state index contributed by atoms with van der Waals surface area (Å²) in [6, 6.07) is 9.77. The monoisotopic (exact) mass is 284 g/mol. The summed E-state index contributed by atoms with van der Waals surface area (Å²) in [7, 11) is 0. The third-order valence-corrected chi connectivity index (χ3v) is 3.86. The number of para-hydroxylation sites is 1. The molecule has 2 rings (SSSR count). The highest BCUT2D eigenvalue weighted by Gasteiger charge is 2.29. The number of ketones is 1. The van der Waals surface area contributed by atoms with E-state index in [1.165, 1.54) is 12.8 Å². The average molecular weight is 284 g/mol. The fourth-order valence-corrected chi connectivity index (χ4v) is 2.54. The van der Waals surface area contributed by atoms with Crippen LogP contribution in [0, 0.1) is 11.8 Å². The maximum atomic E-state index is 11.9. The lowest BCUT2D eigenvalue weighted by molar-refractivity contribution is -0.118. The molecule has 2 heteroatoms. The predicted octanol–water partition coefficient (Wildman–Crippen LogP) is 4.57. The van der Waals surface area contributed by atoms with Crippen molar-refractivity contribution in [2.75, 3.05) is 6.61 Å². The zero-order chi connectivity index (χ0) is 14.9. The van der Waals surface area contributed by atoms with Crippen LogP contribution in [0.2, 0.25) is 0 Å². The maximum Gasteiger partial charge on any atom is 0.159 e. The van der Waals surface area contributed by atoms with Gasteiger partial charge in [0.1, 0.15) is 5.75 Å². The zero-order valence-electron chi connectivity index (χ0n) is 12.7. The summed E-state index contributed by atoms with van der Waals surface area (Å²) in [5.74, 6) is 1.33. The first-order valence-corrected chi connectivity index (χ1v) is 7.86. The highest BCUT2D eigenvalue weighted by molar-refractivity contribution is 5.94. The second kappa shape index (κ2) is 8.46. The molecule has 0 spiro atoms. The minimum atomic E-state index is 0.0478. The van der Waals surface area contributed by atoms with Crippen molar-refractivity contribution in [3.8, 4) is 5.75 Å². The van der Waals surface area contributed by atoms with Crippen LogP contribution in [0.3, 0.4) is 0 Å². The number of allylic oxidation sites excluding steroid dienone is 3. The van der Waals surface area contributed by atoms with E-state index in [1.54, 1.807) is 6.08 Å². The number of rotatable bonds is 8. The van der Waals surface area contributed by atoms with Crippen molar-refractivity contribution in [1.82, 2.24) is 0 Å². The first-order valence-electron chi connectivity index (χ1n) is 7.86. The average Bonchev–Trinajstić information content (AvgIpc) is 2.87. The van der Waals surface area contributed by atoms with Crippen LogP contribution in [0.1, 0.15) is 32.6 Å². The van der Waals surface area contributed by atoms with Crippen molar-refractivity contribution in [3.63, 3.8) is 0 Å². The first kappa shape index (κ1) is 15.6. The molecule has 0 fully saturated rings. The summed E-state index contributed by atoms with van der Waals surface area (Å²) >= 11 is 0. The van der Waals surface area contributed by atoms with Crippen molar-refractivity contribution < 1.29 is 9.53 Å². The van der Waals surface area contributed by atoms with Crippen LogP contribution < -0.4 is 4.74 Å². The lowest BCUT2D eigenvalue weighted by Crippen LogP contribution is -2.21. The summed E-state index contributed by atoms with van der Waals surface area (Å²) in [5.41, 5.74) is 0. The Bertz CT molecular complexity index is 488. The van der Waals surface area contributed by atoms with E-state index in [2.05, 4.69) is 19.1 Å². The van der Waals surface area contributed by atoms with Crippen LogP contribution in [-0.4, -0.2) is 12.4 Å². The SMILES string of the molecule is CCCC/C=C\C[C@H]1C(=O)C=C[C@@H]1COc1ccccc1. The molecule has 0 amide bonds. The number of unbranched alkanes of at least 4 members (excludes halogenated alkanes) is 2. The minimum Gasteiger partial charge on any atom is -0.493 e. The van der Waals surface area contributed by atoms with Crippen LogP contribution in [0.5, 0.6) is 5.75 Å². The molecule has 0 heterocycles. The van der Waals surface area contributed by atoms with Gasteiger partial charge in [-0.15, -0.1) is 0 Å². The number of carbonyl (C=O) groups excluding carboxylic acids is 1. The molecule has 1 aliphatic carbocycles. The van der Waals surface area contributed by atoms with E-state index in [0.29, 0.717) is 6.61 Å². The smallest absolute Gasteiger partial charge is 0.159 e. The van der Waals surface area contributed by atoms with Crippen molar-refractivity contribution >= 4 is 5.78 Å². The topological polar surface area (TPSA) is 26.3 Å². The predicted molar refractivity (Wildman–Crippen MR) is 86.3 cm³/mol. The highest BCUT2D eigenvalue weighted by Crippen LogP contribution is 2.27. The van der Waals surface area contributed by atoms with Crippen molar-refractivity contribution in [1.29, 1.82) is 0 Å². The van der Waals surface area contributed by atoms with Gasteiger partial charge < -0.3 is 4.74 Å². The van der Waals surface area contributed by atoms with Gasteiger partial charge in [-0.1, -0.05) is 56.2 Å². The fraction of sp³-hybridized carbons (Fsp3) is 0.421. The Kier molecular flexibility index (Phi) is 6.26. The van der Waals surface area contributed by atoms with Crippen LogP contribution in [0.15, 0.2) is 54.6 Å². The molecule has 1 aromatic carbocycles. The van der Waals surface area contributed by atoms with Crippen LogP contribution in [0.25, 0.3) is 0 Å². The molecule has 0 bridgehead atoms. The van der Waals surface area contributed by atoms with Gasteiger partial charge in [-0.05, 0) is 31.1 Å². The zero-order valence-corrected chi connectivity index (χ0v) is 12.7. The van der Waals surface area contributed by atoms with Gasteiger partial charge in [-0.2, -0.15) is 0 Å². The third kappa shape index (κ3) is 4.89. The lowest BCUT2D eigenvalue weighted by Gasteiger charge is -2.17. The van der Waals surface area contributed by atoms with Gasteiger partial charge in [-0.3, -0.25) is 4.79 Å². The van der Waals surface area contributed by atoms with Gasteiger partial charge in [0.2, 0.25) is 0 Å². The highest BCUT2D eigenvalue weighted by atomic mass is 16.5. The molecule has 1 aromatic rings. The Morgan fingerprint density at radius 2 is 2.00 bits per heavy atom. The van der Waals surface area contributed by atoms with E-state index < -0.39 is 0 Å². The van der Waals surface area contributed by atoms with E-state index in [4.69, 9.17) is 4.74 Å². The second-order valence-corrected chi connectivity index (χ2v) is 5.51. The molecule has 0 radical (unpaired) electrons. The Morgan fingerprint density at radius 1 is 1.19 bits per heavy atom. The lowest BCUT2D eigenvalue weighted by atomic mass is 9.92. The number of hydrogen-bond donors (Lipinski definition) is 0. The van der Waals surface area contributed by atoms with Crippen LogP contribution in [0.4, 0.5) is 0 Å². The third-order valence-electron chi connectivity index (χ3n) is 3.86. The van der Waals surface area contributed by atoms with E-state index in [0.717, 1.165) is 18.6 Å². The van der Waals surface area contributed by atoms with Crippen molar-refractivity contribution in [2.24, 2.45) is 11.8 Å². The molecule has 0 saturated carbocycles. The van der Waals surface area contributed by atoms with Gasteiger partial charge in [-0.25, -0.2) is 0 Å². The summed E-state index contributed by atoms with van der Waals surface area (Å²) in [6.45, 7) is 2.76. The normalized spacial score (nSPS) is 21.3. The first-order chi connectivity index (χ1) is 10.3. The van der Waals surface area contributed by atoms with Crippen molar-refractivity contribution in [3.05, 3.63) is 54.6 Å². The molecule has 2 nitrogen and oxygen atoms in total. The Balaban J connectivity index is 1.82. The molecule has 112 valence electrons. The van der Waals surface area contributed by atoms with Crippen molar-refractivity contribution in [2.45, 2.75) is 32.6 Å². The molecule has 0 unspecified atom stereocenters. The summed E-state index contributed by atoms with van der Waals surface area (Å²) in [6.07, 6.45) is 12.4. The largest absolute Gasteiger partial charge is 0.493 e. The standard InChI is InChI=1S/C19H24O2/c1-2-3-4-5-9-12-18-16(13-14-19(18)20)15-21-17-10-7-6-8-11-17/h5-11,13-14,16,18H,2-4,12,15H2,1H3/b9-5-/t16-,18-/m1/s1. The number of benzene rings is 1. The molecule has 0 saturated heterocycles. The minimum absolute atomic E-state index is 0.0478. The molecule has 2 atom stereocenters. The van der Waals surface area contributed by atoms with Crippen LogP contribution >= 0.6 is 0 Å². The molecular formula is C19H24O2. The molecule has 0 aromatic heterocycles. The Morgan fingerprint density at radius 3 is 2.76 bits per heavy atom. The summed E-state index contributed by atoms with van der Waals surface area (Å²) in [4.78, 5) is 11.9. The number of ether oxygens (including phenoxy) is 1. The molecule has 0 aliphatic heterocycles. The van der Waals surface area contributed by atoms with E-state index in [-0.39, 0.29) is 17.6 Å². The van der Waals surface area contributed by atoms with Gasteiger partial charge in [0, 0.05) is 11.8 Å². The van der Waals surface area contributed by atoms with Gasteiger partial charge >= 0.3 is 0 Å². The Labute approximate surface area is 127 Å². The van der Waals surface area contributed by atoms with Crippen LogP contribution in [-0.2, 0) is 4.79 Å². The maximum absolute atomic E-state index is 11.9. The van der Waals surface area contributed by atoms with E-state index >= 15 is 0 Å². The van der Waals surface area contributed by atoms with Gasteiger partial charge in [0.25, 0.3) is 0 Å². The summed E-state index contributed by atoms with van der Waals surface area (Å²) in [5, 5.41) is 0. The fourth-order valence-electron chi connectivity index (χ4n) is 2.54. The van der Waals surface area contributed by atoms with Gasteiger partial charge in [0.05, 0.1) is 6.61 Å². The Hall–Kier alpha value is -1.83. The number of hydrogen-bond acceptors (Lipinski definition) is 2. The van der Waals surface area contributed by atoms with E-state index in [1.807, 2.05) is 36.4 Å². The number of carbonyl (C=O) groups is 1. The molecule has 1 aliphatic rings.